The Kier molecular flexibility index (Phi) is 29.2. The van der Waals surface area contributed by atoms with E-state index in [1.165, 1.54) is 77.4 Å². The van der Waals surface area contributed by atoms with Gasteiger partial charge in [0.25, 0.3) is 0 Å². The van der Waals surface area contributed by atoms with E-state index in [4.69, 9.17) is 25.8 Å². The fraction of sp³-hybridized carbons (Fsp3) is 0.449. The maximum Gasteiger partial charge on any atom is 0.387 e. The van der Waals surface area contributed by atoms with E-state index in [0.29, 0.717) is 12.3 Å². The zero-order valence-corrected chi connectivity index (χ0v) is 71.8. The summed E-state index contributed by atoms with van der Waals surface area (Å²) in [6, 6.07) is 71.4. The van der Waals surface area contributed by atoms with Gasteiger partial charge in [0.05, 0.1) is 12.7 Å². The fourth-order valence-corrected chi connectivity index (χ4v) is 19.9. The van der Waals surface area contributed by atoms with Crippen LogP contribution in [0.1, 0.15) is 281 Å². The Balaban J connectivity index is 0.000000293. The van der Waals surface area contributed by atoms with Crippen molar-refractivity contribution in [2.75, 3.05) is 6.61 Å². The molecule has 0 radical (unpaired) electrons. The van der Waals surface area contributed by atoms with Gasteiger partial charge in [-0.05, 0) is 156 Å². The van der Waals surface area contributed by atoms with E-state index < -0.39 is 24.4 Å². The van der Waals surface area contributed by atoms with Crippen molar-refractivity contribution in [2.24, 2.45) is 0 Å². The molecule has 10 heteroatoms. The minimum Gasteiger partial charge on any atom is -0.399 e. The molecular weight excluding hydrogens is 1400 g/mol. The fourth-order valence-electron chi connectivity index (χ4n) is 13.5. The number of fused-ring (bicyclic) bond motifs is 6. The second-order valence-corrected chi connectivity index (χ2v) is 43.0. The van der Waals surface area contributed by atoms with Crippen LogP contribution >= 0.6 is 33.0 Å². The first-order chi connectivity index (χ1) is 49.1. The van der Waals surface area contributed by atoms with Gasteiger partial charge in [-0.1, -0.05) is 365 Å². The highest BCUT2D eigenvalue weighted by molar-refractivity contribution is 7.72. The van der Waals surface area contributed by atoms with Crippen LogP contribution in [0, 0.1) is 0 Å². The van der Waals surface area contributed by atoms with Crippen LogP contribution in [0.5, 0.6) is 0 Å². The minimum atomic E-state index is -1.77. The van der Waals surface area contributed by atoms with Crippen molar-refractivity contribution < 1.29 is 25.8 Å². The summed E-state index contributed by atoms with van der Waals surface area (Å²) in [4.78, 5) is 0. The highest BCUT2D eigenvalue weighted by atomic mass is 31.1. The summed E-state index contributed by atoms with van der Waals surface area (Å²) in [6.45, 7) is 57.6. The lowest BCUT2D eigenvalue weighted by Crippen LogP contribution is -2.17. The van der Waals surface area contributed by atoms with Crippen molar-refractivity contribution >= 4 is 87.5 Å². The van der Waals surface area contributed by atoms with Crippen LogP contribution in [0.15, 0.2) is 211 Å². The third-order valence-corrected chi connectivity index (χ3v) is 26.6. The van der Waals surface area contributed by atoms with Crippen molar-refractivity contribution in [2.45, 2.75) is 282 Å². The molecule has 108 heavy (non-hydrogen) atoms. The van der Waals surface area contributed by atoms with E-state index in [-0.39, 0.29) is 71.7 Å². The van der Waals surface area contributed by atoms with Crippen LogP contribution < -0.4 is 19.7 Å². The molecule has 11 aromatic rings. The number of benzene rings is 9. The summed E-state index contributed by atoms with van der Waals surface area (Å²) in [6.07, 6.45) is 4.52. The summed E-state index contributed by atoms with van der Waals surface area (Å²) in [5.41, 5.74) is 18.4. The molecule has 6 nitrogen and oxygen atoms in total. The number of rotatable bonds is 17. The Bertz CT molecular complexity index is 4610. The predicted molar refractivity (Wildman–Crippen MR) is 480 cm³/mol. The average molecular weight is 1530 g/mol. The Labute approximate surface area is 658 Å². The van der Waals surface area contributed by atoms with E-state index in [0.717, 1.165) is 84.0 Å². The van der Waals surface area contributed by atoms with Crippen LogP contribution in [0.3, 0.4) is 0 Å². The maximum atomic E-state index is 7.13. The standard InChI is InChI=1S/C49H60O3P2.C46H62O3P2.3CH4/c1-46(2,3)36-29-40-41-30-37(47(4,5)6)32-43(49(10,11)12)45(41)52-54(51-44(40)42(31-36)48(7,8)9)50-28-27-34-21-19-20-22-35(34)33-53(38-23-15-13-16-24-38)39-25-17-14-18-26-39;1-14-35(29-40(32-23-19-16-20-24-32)50-30-31-21-17-15-18-22-31)47-51-48-41-36(25-33(43(2,3)4)27-38(41)45(8,9)10)37-26-34(44(5,6)7)28-39(42(37)49-51)46(11,12)13;;;/h13-26,29-32H,27-28,33H2,1-12H3;15-28,35,40,50H,14,29-30H2,1-13H3;3*1H4. The quantitative estimate of drug-likeness (QED) is 0.0846. The summed E-state index contributed by atoms with van der Waals surface area (Å²) >= 11 is 0. The molecule has 0 saturated heterocycles. The highest BCUT2D eigenvalue weighted by Gasteiger charge is 2.33. The molecule has 2 aromatic heterocycles. The maximum absolute atomic E-state index is 7.13. The van der Waals surface area contributed by atoms with E-state index in [1.807, 2.05) is 0 Å². The lowest BCUT2D eigenvalue weighted by molar-refractivity contribution is 0.237. The van der Waals surface area contributed by atoms with E-state index >= 15 is 0 Å². The third kappa shape index (κ3) is 22.0. The molecule has 0 fully saturated rings. The van der Waals surface area contributed by atoms with Gasteiger partial charge in [-0.2, -0.15) is 0 Å². The van der Waals surface area contributed by atoms with Crippen LogP contribution in [0.25, 0.3) is 43.9 Å². The largest absolute Gasteiger partial charge is 0.399 e. The number of hydrogen-bond donors (Lipinski definition) is 0. The smallest absolute Gasteiger partial charge is 0.387 e. The molecule has 0 N–H and O–H groups in total. The second kappa shape index (κ2) is 35.5. The zero-order valence-electron chi connectivity index (χ0n) is 68.2. The molecule has 11 rings (SSSR count). The van der Waals surface area contributed by atoms with Crippen molar-refractivity contribution in [1.29, 1.82) is 0 Å². The molecule has 0 saturated carbocycles. The molecule has 3 atom stereocenters. The Morgan fingerprint density at radius 2 is 0.685 bits per heavy atom. The van der Waals surface area contributed by atoms with Gasteiger partial charge in [0.1, 0.15) is 22.3 Å². The first-order valence-electron chi connectivity index (χ1n) is 38.2. The molecule has 0 bridgehead atoms. The van der Waals surface area contributed by atoms with Gasteiger partial charge in [-0.25, -0.2) is 0 Å². The van der Waals surface area contributed by atoms with Gasteiger partial charge in [0.15, 0.2) is 0 Å². The van der Waals surface area contributed by atoms with Crippen LogP contribution in [-0.4, -0.2) is 12.7 Å². The Morgan fingerprint density at radius 3 is 1.02 bits per heavy atom. The lowest BCUT2D eigenvalue weighted by Gasteiger charge is -2.27. The summed E-state index contributed by atoms with van der Waals surface area (Å²) in [5.74, 6) is 0. The molecule has 9 aromatic carbocycles. The van der Waals surface area contributed by atoms with Crippen molar-refractivity contribution in [1.82, 2.24) is 0 Å². The lowest BCUT2D eigenvalue weighted by atomic mass is 9.77. The molecule has 2 heterocycles. The van der Waals surface area contributed by atoms with Crippen LogP contribution in [-0.2, 0) is 62.1 Å². The summed E-state index contributed by atoms with van der Waals surface area (Å²) in [7, 11) is -3.37. The van der Waals surface area contributed by atoms with Gasteiger partial charge in [0.2, 0.25) is 0 Å². The second-order valence-electron chi connectivity index (χ2n) is 37.2. The zero-order chi connectivity index (χ0) is 76.4. The molecule has 0 aliphatic rings. The van der Waals surface area contributed by atoms with Gasteiger partial charge in [-0.15, -0.1) is 8.58 Å². The SMILES string of the molecule is C.C.C.CC(C)(C)c1cc(C(C)(C)C)c2op(OCCc3ccccc3CP(c3ccccc3)c3ccccc3)oc3c(C(C)(C)C)cc(C(C)(C)C)cc3c2c1.CCC(CC(PCc1ccccc1)c1ccccc1)Op1oc2c(C(C)(C)C)cc(C(C)(C)C)cc2c2cc(C(C)(C)C)cc(C(C)(C)C)c2o1. The molecule has 582 valence electrons. The van der Waals surface area contributed by atoms with Gasteiger partial charge >= 0.3 is 16.5 Å². The molecular formula is C98H134O6P4. The van der Waals surface area contributed by atoms with E-state index in [1.54, 1.807) is 0 Å². The number of hydrogen-bond acceptors (Lipinski definition) is 6. The van der Waals surface area contributed by atoms with Gasteiger partial charge in [-0.3, -0.25) is 9.05 Å². The highest BCUT2D eigenvalue weighted by Crippen LogP contribution is 2.50. The third-order valence-electron chi connectivity index (χ3n) is 20.2. The predicted octanol–water partition coefficient (Wildman–Crippen LogP) is 30.4. The molecule has 0 aliphatic heterocycles. The Hall–Kier alpha value is -6.44. The molecule has 3 unspecified atom stereocenters. The van der Waals surface area contributed by atoms with Gasteiger partial charge < -0.3 is 16.8 Å². The summed E-state index contributed by atoms with van der Waals surface area (Å²) in [5, 5.41) is 7.17. The molecule has 0 aliphatic carbocycles. The Morgan fingerprint density at radius 1 is 0.370 bits per heavy atom. The first kappa shape index (κ1) is 88.8. The topological polar surface area (TPSA) is 71.0 Å². The van der Waals surface area contributed by atoms with Gasteiger partial charge in [0, 0.05) is 55.6 Å². The van der Waals surface area contributed by atoms with E-state index in [2.05, 4.69) is 367 Å². The minimum absolute atomic E-state index is 0. The molecule has 0 amide bonds. The monoisotopic (exact) mass is 1530 g/mol. The van der Waals surface area contributed by atoms with Crippen LogP contribution in [0.2, 0.25) is 0 Å². The van der Waals surface area contributed by atoms with E-state index in [9.17, 15) is 0 Å². The normalized spacial score (nSPS) is 13.3. The summed E-state index contributed by atoms with van der Waals surface area (Å²) < 4.78 is 42.2. The van der Waals surface area contributed by atoms with Crippen molar-refractivity contribution in [3.05, 3.63) is 261 Å². The average Bonchev–Trinajstić information content (AvgIpc) is 1.44. The first-order valence-corrected chi connectivity index (χ1v) is 43.2. The van der Waals surface area contributed by atoms with Crippen molar-refractivity contribution in [3.63, 3.8) is 0 Å². The van der Waals surface area contributed by atoms with Crippen molar-refractivity contribution in [3.8, 4) is 0 Å². The van der Waals surface area contributed by atoms with Crippen LogP contribution in [0.4, 0.5) is 0 Å². The molecule has 0 spiro atoms.